The molecule has 1 aliphatic heterocycles. The summed E-state index contributed by atoms with van der Waals surface area (Å²) < 4.78 is 49.1. The van der Waals surface area contributed by atoms with E-state index in [0.29, 0.717) is 19.4 Å². The van der Waals surface area contributed by atoms with Gasteiger partial charge in [0, 0.05) is 0 Å². The predicted molar refractivity (Wildman–Crippen MR) is 61.5 cm³/mol. The largest absolute Gasteiger partial charge is 0.348 e. The Morgan fingerprint density at radius 1 is 1.50 bits per heavy atom. The van der Waals surface area contributed by atoms with Crippen LogP contribution >= 0.6 is 12.4 Å². The van der Waals surface area contributed by atoms with Crippen LogP contribution in [0.1, 0.15) is 26.2 Å². The topological polar surface area (TPSA) is 41.1 Å². The van der Waals surface area contributed by atoms with Crippen molar-refractivity contribution in [2.75, 3.05) is 13.1 Å². The lowest BCUT2D eigenvalue weighted by molar-refractivity contribution is -0.140. The fourth-order valence-electron chi connectivity index (χ4n) is 1.91. The van der Waals surface area contributed by atoms with Crippen LogP contribution in [0.5, 0.6) is 0 Å². The maximum atomic E-state index is 12.6. The first-order valence-corrected chi connectivity index (χ1v) is 5.53. The zero-order chi connectivity index (χ0) is 13.1. The molecule has 18 heavy (non-hydrogen) atoms. The van der Waals surface area contributed by atoms with Crippen LogP contribution in [-0.2, 0) is 4.79 Å². The van der Waals surface area contributed by atoms with Gasteiger partial charge < -0.3 is 10.6 Å². The molecule has 0 radical (unpaired) electrons. The van der Waals surface area contributed by atoms with E-state index >= 15 is 0 Å². The Bertz CT molecular complexity index is 283. The van der Waals surface area contributed by atoms with Crippen molar-refractivity contribution < 1.29 is 22.4 Å². The van der Waals surface area contributed by atoms with E-state index in [9.17, 15) is 22.4 Å². The van der Waals surface area contributed by atoms with Crippen molar-refractivity contribution >= 4 is 18.3 Å². The quantitative estimate of drug-likeness (QED) is 0.761. The van der Waals surface area contributed by atoms with Crippen LogP contribution in [0, 0.1) is 0 Å². The van der Waals surface area contributed by atoms with Gasteiger partial charge in [-0.15, -0.1) is 12.4 Å². The van der Waals surface area contributed by atoms with Crippen molar-refractivity contribution in [3.05, 3.63) is 0 Å². The first kappa shape index (κ1) is 17.4. The summed E-state index contributed by atoms with van der Waals surface area (Å²) in [6.07, 6.45) is -2.02. The third-order valence-electron chi connectivity index (χ3n) is 3.09. The summed E-state index contributed by atoms with van der Waals surface area (Å²) in [4.78, 5) is 11.7. The Labute approximate surface area is 109 Å². The van der Waals surface area contributed by atoms with Crippen molar-refractivity contribution in [3.63, 3.8) is 0 Å². The number of rotatable bonds is 5. The molecule has 3 nitrogen and oxygen atoms in total. The smallest absolute Gasteiger partial charge is 0.324 e. The van der Waals surface area contributed by atoms with Crippen LogP contribution in [-0.4, -0.2) is 36.9 Å². The first-order valence-electron chi connectivity index (χ1n) is 5.53. The number of carbonyl (C=O) groups excluding carboxylic acids is 1. The van der Waals surface area contributed by atoms with Crippen LogP contribution in [0.15, 0.2) is 0 Å². The van der Waals surface area contributed by atoms with Crippen molar-refractivity contribution in [3.8, 4) is 0 Å². The van der Waals surface area contributed by atoms with Gasteiger partial charge in [0.2, 0.25) is 5.91 Å². The molecule has 0 bridgehead atoms. The lowest BCUT2D eigenvalue weighted by Crippen LogP contribution is -2.55. The summed E-state index contributed by atoms with van der Waals surface area (Å²) in [6, 6.07) is 0. The van der Waals surface area contributed by atoms with E-state index in [1.165, 1.54) is 0 Å². The zero-order valence-electron chi connectivity index (χ0n) is 9.94. The van der Waals surface area contributed by atoms with Crippen LogP contribution < -0.4 is 10.6 Å². The number of carbonyl (C=O) groups is 1. The molecule has 1 fully saturated rings. The maximum Gasteiger partial charge on any atom is 0.324 e. The van der Waals surface area contributed by atoms with Gasteiger partial charge in [-0.05, 0) is 25.8 Å². The Morgan fingerprint density at radius 3 is 2.50 bits per heavy atom. The lowest BCUT2D eigenvalue weighted by atomic mass is 9.93. The van der Waals surface area contributed by atoms with Crippen molar-refractivity contribution in [2.45, 2.75) is 44.1 Å². The van der Waals surface area contributed by atoms with Gasteiger partial charge >= 0.3 is 12.3 Å². The monoisotopic (exact) mass is 292 g/mol. The van der Waals surface area contributed by atoms with Crippen LogP contribution in [0.3, 0.4) is 0 Å². The van der Waals surface area contributed by atoms with Gasteiger partial charge in [0.25, 0.3) is 0 Å². The fraction of sp³-hybridized carbons (Fsp3) is 0.900. The molecule has 0 saturated carbocycles. The minimum Gasteiger partial charge on any atom is -0.348 e. The van der Waals surface area contributed by atoms with Gasteiger partial charge in [-0.1, -0.05) is 6.92 Å². The molecule has 108 valence electrons. The van der Waals surface area contributed by atoms with E-state index in [4.69, 9.17) is 0 Å². The normalized spacial score (nSPS) is 23.9. The number of alkyl halides is 4. The molecule has 1 amide bonds. The summed E-state index contributed by atoms with van der Waals surface area (Å²) in [5.41, 5.74) is -0.877. The molecule has 1 atom stereocenters. The summed E-state index contributed by atoms with van der Waals surface area (Å²) in [5, 5.41) is 4.85. The van der Waals surface area contributed by atoms with E-state index in [1.807, 2.05) is 5.32 Å². The number of hydrogen-bond donors (Lipinski definition) is 2. The van der Waals surface area contributed by atoms with Crippen LogP contribution in [0.25, 0.3) is 0 Å². The molecule has 2 N–H and O–H groups in total. The fourth-order valence-corrected chi connectivity index (χ4v) is 1.91. The summed E-state index contributed by atoms with van der Waals surface area (Å²) in [6.45, 7) is 1.06. The Hall–Kier alpha value is -0.560. The molecular weight excluding hydrogens is 276 g/mol. The standard InChI is InChI=1S/C10H16F4N2O.ClH/c1-2-9(4-3-5-16-9)8(17)15-6-10(13,14)7(11)12;/h7,16H,2-6H2,1H3,(H,15,17);1H. The van der Waals surface area contributed by atoms with Gasteiger partial charge in [-0.3, -0.25) is 4.79 Å². The predicted octanol–water partition coefficient (Wildman–Crippen LogP) is 1.96. The van der Waals surface area contributed by atoms with Gasteiger partial charge in [-0.25, -0.2) is 8.78 Å². The summed E-state index contributed by atoms with van der Waals surface area (Å²) in [7, 11) is 0. The molecule has 0 aromatic carbocycles. The summed E-state index contributed by atoms with van der Waals surface area (Å²) in [5.74, 6) is -4.80. The Morgan fingerprint density at radius 2 is 2.11 bits per heavy atom. The van der Waals surface area contributed by atoms with Gasteiger partial charge in [0.1, 0.15) is 0 Å². The molecule has 0 spiro atoms. The second-order valence-electron chi connectivity index (χ2n) is 4.21. The highest BCUT2D eigenvalue weighted by Gasteiger charge is 2.44. The molecule has 1 saturated heterocycles. The number of halogens is 5. The zero-order valence-corrected chi connectivity index (χ0v) is 10.8. The molecule has 0 aromatic rings. The van der Waals surface area contributed by atoms with E-state index in [1.54, 1.807) is 6.92 Å². The van der Waals surface area contributed by atoms with E-state index in [2.05, 4.69) is 5.32 Å². The van der Waals surface area contributed by atoms with Gasteiger partial charge in [0.15, 0.2) is 0 Å². The van der Waals surface area contributed by atoms with E-state index in [0.717, 1.165) is 6.42 Å². The highest BCUT2D eigenvalue weighted by atomic mass is 35.5. The van der Waals surface area contributed by atoms with Gasteiger partial charge in [0.05, 0.1) is 12.1 Å². The molecule has 8 heteroatoms. The Balaban J connectivity index is 0.00000289. The van der Waals surface area contributed by atoms with Crippen molar-refractivity contribution in [1.29, 1.82) is 0 Å². The third-order valence-corrected chi connectivity index (χ3v) is 3.09. The van der Waals surface area contributed by atoms with Crippen molar-refractivity contribution in [1.82, 2.24) is 10.6 Å². The lowest BCUT2D eigenvalue weighted by Gasteiger charge is -2.27. The average Bonchev–Trinajstić information content (AvgIpc) is 2.75. The number of nitrogens with one attached hydrogen (secondary N) is 2. The van der Waals surface area contributed by atoms with Gasteiger partial charge in [-0.2, -0.15) is 8.78 Å². The van der Waals surface area contributed by atoms with Crippen LogP contribution in [0.4, 0.5) is 17.6 Å². The third kappa shape index (κ3) is 3.71. The molecule has 1 unspecified atom stereocenters. The molecule has 0 aromatic heterocycles. The maximum absolute atomic E-state index is 12.6. The van der Waals surface area contributed by atoms with E-state index < -0.39 is 30.3 Å². The molecule has 1 heterocycles. The molecule has 1 rings (SSSR count). The second-order valence-corrected chi connectivity index (χ2v) is 4.21. The van der Waals surface area contributed by atoms with Crippen LogP contribution in [0.2, 0.25) is 0 Å². The van der Waals surface area contributed by atoms with E-state index in [-0.39, 0.29) is 12.4 Å². The molecule has 0 aliphatic carbocycles. The SMILES string of the molecule is CCC1(C(=O)NCC(F)(F)C(F)F)CCCN1.Cl. The molecular formula is C10H17ClF4N2O. The van der Waals surface area contributed by atoms with Crippen molar-refractivity contribution in [2.24, 2.45) is 0 Å². The number of amides is 1. The summed E-state index contributed by atoms with van der Waals surface area (Å²) >= 11 is 0. The second kappa shape index (κ2) is 6.56. The average molecular weight is 293 g/mol. The minimum absolute atomic E-state index is 0. The highest BCUT2D eigenvalue weighted by Crippen LogP contribution is 2.25. The Kier molecular flexibility index (Phi) is 6.36. The molecule has 1 aliphatic rings. The first-order chi connectivity index (χ1) is 7.84. The minimum atomic E-state index is -4.18. The number of hydrogen-bond acceptors (Lipinski definition) is 2. The highest BCUT2D eigenvalue weighted by molar-refractivity contribution is 5.86.